The molecule has 0 saturated carbocycles. The molecule has 1 N–H and O–H groups in total. The highest BCUT2D eigenvalue weighted by atomic mass is 16.1. The van der Waals surface area contributed by atoms with Crippen molar-refractivity contribution in [2.45, 2.75) is 6.42 Å². The van der Waals surface area contributed by atoms with Crippen LogP contribution in [-0.4, -0.2) is 29.5 Å². The maximum atomic E-state index is 12.5. The molecule has 5 nitrogen and oxygen atoms in total. The minimum absolute atomic E-state index is 0.201. The highest BCUT2D eigenvalue weighted by Gasteiger charge is 2.09. The summed E-state index contributed by atoms with van der Waals surface area (Å²) in [6, 6.07) is 23.8. The fourth-order valence-corrected chi connectivity index (χ4v) is 3.14. The van der Waals surface area contributed by atoms with Gasteiger partial charge < -0.3 is 10.2 Å². The van der Waals surface area contributed by atoms with Crippen molar-refractivity contribution in [2.24, 2.45) is 0 Å². The number of carbonyl (C=O) groups is 1. The first-order chi connectivity index (χ1) is 14.2. The lowest BCUT2D eigenvalue weighted by Gasteiger charge is -2.18. The number of likely N-dealkylation sites (N-methyl/N-ethyl adjacent to an activating group) is 1. The van der Waals surface area contributed by atoms with E-state index in [1.807, 2.05) is 61.6 Å². The predicted molar refractivity (Wildman–Crippen MR) is 117 cm³/mol. The highest BCUT2D eigenvalue weighted by Crippen LogP contribution is 2.17. The van der Waals surface area contributed by atoms with Gasteiger partial charge in [0.25, 0.3) is 5.91 Å². The average molecular weight is 382 g/mol. The first-order valence-electron chi connectivity index (χ1n) is 9.56. The zero-order chi connectivity index (χ0) is 20.1. The van der Waals surface area contributed by atoms with Crippen molar-refractivity contribution in [1.29, 1.82) is 0 Å². The molecule has 0 radical (unpaired) electrons. The smallest absolute Gasteiger partial charge is 0.257 e. The van der Waals surface area contributed by atoms with Gasteiger partial charge in [0.15, 0.2) is 0 Å². The maximum absolute atomic E-state index is 12.5. The zero-order valence-electron chi connectivity index (χ0n) is 16.2. The number of aromatic nitrogens is 2. The minimum atomic E-state index is -0.201. The fraction of sp³-hybridized carbons (Fsp3) is 0.125. The molecule has 4 aromatic rings. The van der Waals surface area contributed by atoms with Gasteiger partial charge in [0, 0.05) is 25.2 Å². The Labute approximate surface area is 170 Å². The molecule has 0 fully saturated rings. The number of carbonyl (C=O) groups excluding carboxylic acids is 1. The molecule has 4 rings (SSSR count). The van der Waals surface area contributed by atoms with Crippen LogP contribution < -0.4 is 10.2 Å². The highest BCUT2D eigenvalue weighted by molar-refractivity contribution is 6.04. The Balaban J connectivity index is 1.39. The number of para-hydroxylation sites is 1. The van der Waals surface area contributed by atoms with Crippen LogP contribution in [0.4, 0.5) is 11.5 Å². The summed E-state index contributed by atoms with van der Waals surface area (Å²) in [5, 5.41) is 3.88. The normalized spacial score (nSPS) is 10.7. The van der Waals surface area contributed by atoms with E-state index in [-0.39, 0.29) is 5.91 Å². The van der Waals surface area contributed by atoms with E-state index in [1.165, 1.54) is 5.56 Å². The Bertz CT molecular complexity index is 1110. The van der Waals surface area contributed by atoms with Crippen LogP contribution in [0.15, 0.2) is 85.2 Å². The number of hydrogen-bond acceptors (Lipinski definition) is 4. The van der Waals surface area contributed by atoms with Crippen LogP contribution in [-0.2, 0) is 6.42 Å². The van der Waals surface area contributed by atoms with Crippen molar-refractivity contribution in [3.8, 4) is 0 Å². The summed E-state index contributed by atoms with van der Waals surface area (Å²) in [6.45, 7) is 0.852. The van der Waals surface area contributed by atoms with Gasteiger partial charge in [-0.2, -0.15) is 0 Å². The van der Waals surface area contributed by atoms with E-state index in [0.717, 1.165) is 29.7 Å². The van der Waals surface area contributed by atoms with Gasteiger partial charge in [-0.05, 0) is 36.2 Å². The molecule has 29 heavy (non-hydrogen) atoms. The van der Waals surface area contributed by atoms with E-state index in [2.05, 4.69) is 32.3 Å². The summed E-state index contributed by atoms with van der Waals surface area (Å²) in [5.41, 5.74) is 3.37. The van der Waals surface area contributed by atoms with Crippen molar-refractivity contribution in [2.75, 3.05) is 23.8 Å². The Morgan fingerprint density at radius 2 is 1.72 bits per heavy atom. The van der Waals surface area contributed by atoms with Crippen LogP contribution in [0.25, 0.3) is 10.9 Å². The van der Waals surface area contributed by atoms with E-state index >= 15 is 0 Å². The van der Waals surface area contributed by atoms with Crippen molar-refractivity contribution in [3.05, 3.63) is 96.3 Å². The molecule has 0 spiro atoms. The van der Waals surface area contributed by atoms with E-state index in [9.17, 15) is 4.79 Å². The van der Waals surface area contributed by atoms with Crippen LogP contribution in [0.3, 0.4) is 0 Å². The number of amides is 1. The largest absolute Gasteiger partial charge is 0.359 e. The van der Waals surface area contributed by atoms with E-state index in [1.54, 1.807) is 18.5 Å². The fourth-order valence-electron chi connectivity index (χ4n) is 3.14. The van der Waals surface area contributed by atoms with Crippen molar-refractivity contribution in [1.82, 2.24) is 9.97 Å². The van der Waals surface area contributed by atoms with Crippen LogP contribution in [0.2, 0.25) is 0 Å². The van der Waals surface area contributed by atoms with Crippen molar-refractivity contribution >= 4 is 28.3 Å². The summed E-state index contributed by atoms with van der Waals surface area (Å²) >= 11 is 0. The van der Waals surface area contributed by atoms with E-state index < -0.39 is 0 Å². The van der Waals surface area contributed by atoms with Crippen LogP contribution in [0, 0.1) is 0 Å². The SMILES string of the molecule is CN(CCc1ccccc1)c1ccc(C(=O)Nc2cnc3ccccc3c2)cn1. The molecule has 0 aliphatic carbocycles. The molecule has 0 aliphatic heterocycles. The molecule has 1 amide bonds. The minimum Gasteiger partial charge on any atom is -0.359 e. The van der Waals surface area contributed by atoms with Gasteiger partial charge in [0.05, 0.1) is 23.0 Å². The Hall–Kier alpha value is -3.73. The monoisotopic (exact) mass is 382 g/mol. The van der Waals surface area contributed by atoms with Crippen LogP contribution in [0.1, 0.15) is 15.9 Å². The van der Waals surface area contributed by atoms with Crippen LogP contribution in [0.5, 0.6) is 0 Å². The number of pyridine rings is 2. The lowest BCUT2D eigenvalue weighted by Crippen LogP contribution is -2.21. The second-order valence-electron chi connectivity index (χ2n) is 6.93. The summed E-state index contributed by atoms with van der Waals surface area (Å²) < 4.78 is 0. The van der Waals surface area contributed by atoms with Gasteiger partial charge in [0.1, 0.15) is 5.82 Å². The molecule has 2 heterocycles. The lowest BCUT2D eigenvalue weighted by atomic mass is 10.1. The molecule has 2 aromatic heterocycles. The van der Waals surface area contributed by atoms with Gasteiger partial charge >= 0.3 is 0 Å². The summed E-state index contributed by atoms with van der Waals surface area (Å²) in [6.07, 6.45) is 4.22. The molecule has 0 bridgehead atoms. The Morgan fingerprint density at radius 3 is 2.52 bits per heavy atom. The molecule has 0 unspecified atom stereocenters. The topological polar surface area (TPSA) is 58.1 Å². The number of rotatable bonds is 6. The van der Waals surface area contributed by atoms with Gasteiger partial charge in [-0.25, -0.2) is 4.98 Å². The molecule has 2 aromatic carbocycles. The summed E-state index contributed by atoms with van der Waals surface area (Å²) in [7, 11) is 2.01. The third kappa shape index (κ3) is 4.58. The Morgan fingerprint density at radius 1 is 0.931 bits per heavy atom. The first kappa shape index (κ1) is 18.6. The van der Waals surface area contributed by atoms with Crippen molar-refractivity contribution < 1.29 is 4.79 Å². The van der Waals surface area contributed by atoms with E-state index in [4.69, 9.17) is 0 Å². The number of hydrogen-bond donors (Lipinski definition) is 1. The second-order valence-corrected chi connectivity index (χ2v) is 6.93. The third-order valence-corrected chi connectivity index (χ3v) is 4.83. The van der Waals surface area contributed by atoms with Crippen molar-refractivity contribution in [3.63, 3.8) is 0 Å². The maximum Gasteiger partial charge on any atom is 0.257 e. The molecule has 144 valence electrons. The molecule has 0 atom stereocenters. The predicted octanol–water partition coefficient (Wildman–Crippen LogP) is 4.56. The number of nitrogens with zero attached hydrogens (tertiary/aromatic N) is 3. The average Bonchev–Trinajstić information content (AvgIpc) is 2.78. The Kier molecular flexibility index (Phi) is 5.47. The molecular weight excluding hydrogens is 360 g/mol. The summed E-state index contributed by atoms with van der Waals surface area (Å²) in [4.78, 5) is 23.5. The van der Waals surface area contributed by atoms with Gasteiger partial charge in [-0.1, -0.05) is 48.5 Å². The third-order valence-electron chi connectivity index (χ3n) is 4.83. The number of benzene rings is 2. The van der Waals surface area contributed by atoms with Gasteiger partial charge in [-0.3, -0.25) is 9.78 Å². The van der Waals surface area contributed by atoms with Gasteiger partial charge in [0.2, 0.25) is 0 Å². The van der Waals surface area contributed by atoms with Crippen LogP contribution >= 0.6 is 0 Å². The van der Waals surface area contributed by atoms with E-state index in [0.29, 0.717) is 11.3 Å². The number of fused-ring (bicyclic) bond motifs is 1. The second kappa shape index (κ2) is 8.52. The first-order valence-corrected chi connectivity index (χ1v) is 9.56. The van der Waals surface area contributed by atoms with Gasteiger partial charge in [-0.15, -0.1) is 0 Å². The lowest BCUT2D eigenvalue weighted by molar-refractivity contribution is 0.102. The number of anilines is 2. The molecular formula is C24H22N4O. The number of nitrogens with one attached hydrogen (secondary N) is 1. The summed E-state index contributed by atoms with van der Waals surface area (Å²) in [5.74, 6) is 0.637. The molecule has 0 aliphatic rings. The quantitative estimate of drug-likeness (QED) is 0.531. The zero-order valence-corrected chi connectivity index (χ0v) is 16.2. The molecule has 5 heteroatoms. The standard InChI is InChI=1S/C24H22N4O/c1-28(14-13-18-7-3-2-4-8-18)23-12-11-20(16-26-23)24(29)27-21-15-19-9-5-6-10-22(19)25-17-21/h2-12,15-17H,13-14H2,1H3,(H,27,29). The molecule has 0 saturated heterocycles.